The van der Waals surface area contributed by atoms with Gasteiger partial charge in [0.2, 0.25) is 0 Å². The number of nitrogens with one attached hydrogen (secondary N) is 1. The minimum Gasteiger partial charge on any atom is -0.330 e. The van der Waals surface area contributed by atoms with Crippen LogP contribution >= 0.6 is 11.6 Å². The van der Waals surface area contributed by atoms with Crippen LogP contribution in [-0.4, -0.2) is 41.0 Å². The molecule has 2 aromatic rings. The number of carbonyl (C=O) groups is 1. The Labute approximate surface area is 146 Å². The molecule has 5 rings (SSSR count). The van der Waals surface area contributed by atoms with Crippen LogP contribution in [0.3, 0.4) is 0 Å². The van der Waals surface area contributed by atoms with Crippen LogP contribution in [-0.2, 0) is 12.8 Å². The van der Waals surface area contributed by atoms with Crippen LogP contribution in [0, 0.1) is 0 Å². The second kappa shape index (κ2) is 5.43. The van der Waals surface area contributed by atoms with Crippen LogP contribution in [0.25, 0.3) is 10.9 Å². The molecule has 3 heterocycles. The highest BCUT2D eigenvalue weighted by Crippen LogP contribution is 2.34. The topological polar surface area (TPSA) is 45.2 Å². The van der Waals surface area contributed by atoms with Gasteiger partial charge in [-0.25, -0.2) is 0 Å². The van der Waals surface area contributed by atoms with Crippen LogP contribution < -0.4 is 5.32 Å². The monoisotopic (exact) mass is 341 g/mol. The Bertz CT molecular complexity index is 836. The lowest BCUT2D eigenvalue weighted by molar-refractivity contribution is -0.00216. The van der Waals surface area contributed by atoms with Crippen molar-refractivity contribution in [2.24, 2.45) is 0 Å². The van der Waals surface area contributed by atoms with Crippen molar-refractivity contribution in [3.05, 3.63) is 40.0 Å². The molecule has 5 heteroatoms. The summed E-state index contributed by atoms with van der Waals surface area (Å²) in [6, 6.07) is 6.52. The maximum absolute atomic E-state index is 12.9. The Kier molecular flexibility index (Phi) is 3.32. The minimum absolute atomic E-state index is 0.135. The molecular weight excluding hydrogens is 322 g/mol. The van der Waals surface area contributed by atoms with Crippen molar-refractivity contribution in [3.63, 3.8) is 0 Å². The van der Waals surface area contributed by atoms with Gasteiger partial charge in [0.05, 0.1) is 10.5 Å². The number of benzene rings is 1. The predicted molar refractivity (Wildman–Crippen MR) is 94.6 cm³/mol. The number of aryl methyl sites for hydroxylation is 1. The normalized spacial score (nSPS) is 25.3. The number of hydrogen-bond acceptors (Lipinski definition) is 3. The number of amides is 1. The lowest BCUT2D eigenvalue weighted by Gasteiger charge is -2.53. The van der Waals surface area contributed by atoms with Crippen molar-refractivity contribution in [2.45, 2.75) is 44.2 Å². The Morgan fingerprint density at radius 1 is 1.21 bits per heavy atom. The molecule has 0 saturated carbocycles. The summed E-state index contributed by atoms with van der Waals surface area (Å²) < 4.78 is 0. The summed E-state index contributed by atoms with van der Waals surface area (Å²) in [7, 11) is 0. The number of aromatic nitrogens is 1. The lowest BCUT2D eigenvalue weighted by Crippen LogP contribution is -2.69. The number of carbonyl (C=O) groups excluding carboxylic acids is 1. The van der Waals surface area contributed by atoms with Gasteiger partial charge in [0.15, 0.2) is 0 Å². The van der Waals surface area contributed by atoms with E-state index in [1.807, 2.05) is 23.1 Å². The number of halogens is 1. The fourth-order valence-electron chi connectivity index (χ4n) is 4.46. The highest BCUT2D eigenvalue weighted by molar-refractivity contribution is 6.36. The van der Waals surface area contributed by atoms with Gasteiger partial charge in [-0.3, -0.25) is 9.78 Å². The quantitative estimate of drug-likeness (QED) is 0.867. The Hall–Kier alpha value is -1.65. The molecule has 1 N–H and O–H groups in total. The molecule has 0 radical (unpaired) electrons. The summed E-state index contributed by atoms with van der Waals surface area (Å²) >= 11 is 6.63. The molecule has 24 heavy (non-hydrogen) atoms. The standard InChI is InChI=1S/C19H20ClN3O/c20-18-14-3-1-2-4-16(14)22-17-7-11(5-6-15(17)18)19(24)23-12-8-13(23)10-21-9-12/h5-7,12-13,21H,1-4,8-10H2. The average Bonchev–Trinajstić information content (AvgIpc) is 2.62. The fourth-order valence-corrected chi connectivity index (χ4v) is 4.83. The first kappa shape index (κ1) is 14.7. The highest BCUT2D eigenvalue weighted by Gasteiger charge is 2.44. The van der Waals surface area contributed by atoms with Gasteiger partial charge in [0.25, 0.3) is 5.91 Å². The fraction of sp³-hybridized carbons (Fsp3) is 0.474. The van der Waals surface area contributed by atoms with E-state index in [1.54, 1.807) is 0 Å². The molecule has 1 aromatic heterocycles. The maximum atomic E-state index is 12.9. The highest BCUT2D eigenvalue weighted by atomic mass is 35.5. The van der Waals surface area contributed by atoms with E-state index in [4.69, 9.17) is 16.6 Å². The number of piperidine rings is 1. The number of fused-ring (bicyclic) bond motifs is 4. The maximum Gasteiger partial charge on any atom is 0.254 e. The third kappa shape index (κ3) is 2.09. The van der Waals surface area contributed by atoms with Crippen molar-refractivity contribution in [3.8, 4) is 0 Å². The van der Waals surface area contributed by atoms with E-state index >= 15 is 0 Å². The zero-order chi connectivity index (χ0) is 16.3. The molecule has 1 aliphatic carbocycles. The van der Waals surface area contributed by atoms with E-state index in [1.165, 1.54) is 18.4 Å². The largest absolute Gasteiger partial charge is 0.330 e. The molecule has 1 amide bonds. The zero-order valence-corrected chi connectivity index (χ0v) is 14.3. The number of piperazine rings is 1. The van der Waals surface area contributed by atoms with Gasteiger partial charge in [-0.15, -0.1) is 0 Å². The van der Waals surface area contributed by atoms with Crippen molar-refractivity contribution in [1.29, 1.82) is 0 Å². The zero-order valence-electron chi connectivity index (χ0n) is 13.5. The third-order valence-corrected chi connectivity index (χ3v) is 6.20. The Balaban J connectivity index is 1.55. The van der Waals surface area contributed by atoms with Gasteiger partial charge in [0.1, 0.15) is 0 Å². The molecule has 2 aliphatic heterocycles. The lowest BCUT2D eigenvalue weighted by atomic mass is 9.87. The molecule has 2 bridgehead atoms. The summed E-state index contributed by atoms with van der Waals surface area (Å²) in [6.07, 6.45) is 5.49. The smallest absolute Gasteiger partial charge is 0.254 e. The van der Waals surface area contributed by atoms with Gasteiger partial charge >= 0.3 is 0 Å². The van der Waals surface area contributed by atoms with Crippen molar-refractivity contribution < 1.29 is 4.79 Å². The van der Waals surface area contributed by atoms with Crippen LogP contribution in [0.5, 0.6) is 0 Å². The van der Waals surface area contributed by atoms with Crippen LogP contribution in [0.4, 0.5) is 0 Å². The summed E-state index contributed by atoms with van der Waals surface area (Å²) in [5, 5.41) is 5.17. The van der Waals surface area contributed by atoms with Gasteiger partial charge in [-0.1, -0.05) is 17.7 Å². The number of hydrogen-bond donors (Lipinski definition) is 1. The van der Waals surface area contributed by atoms with Gasteiger partial charge in [-0.05, 0) is 49.8 Å². The van der Waals surface area contributed by atoms with Crippen molar-refractivity contribution in [1.82, 2.24) is 15.2 Å². The van der Waals surface area contributed by atoms with Crippen molar-refractivity contribution in [2.75, 3.05) is 13.1 Å². The first-order chi connectivity index (χ1) is 11.7. The SMILES string of the molecule is O=C(c1ccc2c(Cl)c3c(nc2c1)CCCC3)N1C2CNCC1C2. The van der Waals surface area contributed by atoms with E-state index in [0.717, 1.165) is 59.5 Å². The van der Waals surface area contributed by atoms with E-state index in [9.17, 15) is 4.79 Å². The summed E-state index contributed by atoms with van der Waals surface area (Å²) in [6.45, 7) is 1.82. The molecule has 3 aliphatic rings. The molecule has 1 aromatic carbocycles. The van der Waals surface area contributed by atoms with Crippen molar-refractivity contribution >= 4 is 28.4 Å². The molecule has 2 atom stereocenters. The van der Waals surface area contributed by atoms with E-state index in [0.29, 0.717) is 12.1 Å². The number of rotatable bonds is 1. The molecule has 124 valence electrons. The minimum atomic E-state index is 0.135. The molecule has 0 spiro atoms. The predicted octanol–water partition coefficient (Wildman–Crippen LogP) is 2.95. The van der Waals surface area contributed by atoms with Gasteiger partial charge in [0, 0.05) is 41.8 Å². The first-order valence-corrected chi connectivity index (χ1v) is 9.24. The van der Waals surface area contributed by atoms with E-state index in [-0.39, 0.29) is 5.91 Å². The van der Waals surface area contributed by atoms with Gasteiger partial charge < -0.3 is 10.2 Å². The molecular formula is C19H20ClN3O. The third-order valence-electron chi connectivity index (χ3n) is 5.77. The second-order valence-electron chi connectivity index (χ2n) is 7.20. The van der Waals surface area contributed by atoms with Crippen LogP contribution in [0.2, 0.25) is 5.02 Å². The van der Waals surface area contributed by atoms with E-state index in [2.05, 4.69) is 5.32 Å². The molecule has 2 unspecified atom stereocenters. The van der Waals surface area contributed by atoms with Crippen LogP contribution in [0.1, 0.15) is 40.9 Å². The Morgan fingerprint density at radius 2 is 2.00 bits per heavy atom. The molecule has 4 nitrogen and oxygen atoms in total. The number of nitrogens with zero attached hydrogens (tertiary/aromatic N) is 2. The summed E-state index contributed by atoms with van der Waals surface area (Å²) in [4.78, 5) is 19.8. The second-order valence-corrected chi connectivity index (χ2v) is 7.58. The molecule has 2 fully saturated rings. The average molecular weight is 342 g/mol. The van der Waals surface area contributed by atoms with Gasteiger partial charge in [-0.2, -0.15) is 0 Å². The first-order valence-electron chi connectivity index (χ1n) is 8.87. The summed E-state index contributed by atoms with van der Waals surface area (Å²) in [5.41, 5.74) is 3.92. The molecule has 2 saturated heterocycles. The van der Waals surface area contributed by atoms with Crippen LogP contribution in [0.15, 0.2) is 18.2 Å². The number of pyridine rings is 1. The Morgan fingerprint density at radius 3 is 2.79 bits per heavy atom. The summed E-state index contributed by atoms with van der Waals surface area (Å²) in [5.74, 6) is 0.135. The van der Waals surface area contributed by atoms with E-state index < -0.39 is 0 Å².